The number of hydrogen-bond acceptors (Lipinski definition) is 2. The van der Waals surface area contributed by atoms with Crippen LogP contribution in [0.5, 0.6) is 0 Å². The lowest BCUT2D eigenvalue weighted by molar-refractivity contribution is -0.129. The summed E-state index contributed by atoms with van der Waals surface area (Å²) >= 11 is 0. The third-order valence-corrected chi connectivity index (χ3v) is 3.16. The molecule has 0 radical (unpaired) electrons. The zero-order valence-corrected chi connectivity index (χ0v) is 9.29. The molecular formula is C12H19NO2. The van der Waals surface area contributed by atoms with Gasteiger partial charge in [-0.15, -0.1) is 0 Å². The zero-order valence-electron chi connectivity index (χ0n) is 9.29. The van der Waals surface area contributed by atoms with Gasteiger partial charge in [0.1, 0.15) is 6.10 Å². The van der Waals surface area contributed by atoms with Crippen molar-refractivity contribution in [3.63, 3.8) is 0 Å². The topological polar surface area (TPSA) is 38.3 Å². The van der Waals surface area contributed by atoms with Crippen LogP contribution in [0.3, 0.4) is 0 Å². The highest BCUT2D eigenvalue weighted by molar-refractivity contribution is 5.82. The van der Waals surface area contributed by atoms with E-state index in [1.54, 1.807) is 0 Å². The average Bonchev–Trinajstić information content (AvgIpc) is 2.77. The lowest BCUT2D eigenvalue weighted by Crippen LogP contribution is -2.25. The quantitative estimate of drug-likeness (QED) is 0.715. The molecule has 1 saturated heterocycles. The predicted octanol–water partition coefficient (Wildman–Crippen LogP) is 1.64. The number of carbonyl (C=O) groups excluding carboxylic acids is 1. The van der Waals surface area contributed by atoms with E-state index in [1.807, 2.05) is 0 Å². The van der Waals surface area contributed by atoms with Crippen LogP contribution >= 0.6 is 0 Å². The average molecular weight is 209 g/mol. The highest BCUT2D eigenvalue weighted by Crippen LogP contribution is 2.26. The van der Waals surface area contributed by atoms with Crippen molar-refractivity contribution >= 4 is 5.91 Å². The number of rotatable bonds is 4. The number of hydrogen-bond donors (Lipinski definition) is 1. The fraction of sp³-hybridized carbons (Fsp3) is 0.750. The van der Waals surface area contributed by atoms with E-state index < -0.39 is 0 Å². The third-order valence-electron chi connectivity index (χ3n) is 3.16. The van der Waals surface area contributed by atoms with Crippen LogP contribution in [0.1, 0.15) is 32.6 Å². The molecule has 0 aromatic heterocycles. The Bertz CT molecular complexity index is 273. The summed E-state index contributed by atoms with van der Waals surface area (Å²) in [5.74, 6) is 0.860. The fourth-order valence-electron chi connectivity index (χ4n) is 2.25. The van der Waals surface area contributed by atoms with Crippen molar-refractivity contribution in [1.82, 2.24) is 5.32 Å². The molecule has 2 aliphatic rings. The van der Waals surface area contributed by atoms with Gasteiger partial charge >= 0.3 is 0 Å². The first-order valence-corrected chi connectivity index (χ1v) is 5.83. The molecule has 1 N–H and O–H groups in total. The summed E-state index contributed by atoms with van der Waals surface area (Å²) in [6.07, 6.45) is 6.37. The Labute approximate surface area is 90.9 Å². The van der Waals surface area contributed by atoms with Crippen LogP contribution in [0.25, 0.3) is 0 Å². The second-order valence-electron chi connectivity index (χ2n) is 4.60. The highest BCUT2D eigenvalue weighted by atomic mass is 16.5. The van der Waals surface area contributed by atoms with Crippen molar-refractivity contribution in [2.45, 2.75) is 38.7 Å². The van der Waals surface area contributed by atoms with E-state index in [-0.39, 0.29) is 12.0 Å². The molecule has 0 bridgehead atoms. The minimum atomic E-state index is -0.190. The molecule has 0 saturated carbocycles. The van der Waals surface area contributed by atoms with Crippen molar-refractivity contribution in [3.05, 3.63) is 11.6 Å². The lowest BCUT2D eigenvalue weighted by atomic mass is 10.1. The maximum Gasteiger partial charge on any atom is 0.249 e. The second kappa shape index (κ2) is 4.79. The predicted molar refractivity (Wildman–Crippen MR) is 58.5 cm³/mol. The van der Waals surface area contributed by atoms with Gasteiger partial charge < -0.3 is 10.1 Å². The van der Waals surface area contributed by atoms with E-state index >= 15 is 0 Å². The summed E-state index contributed by atoms with van der Waals surface area (Å²) < 4.78 is 5.56. The zero-order chi connectivity index (χ0) is 10.7. The maximum absolute atomic E-state index is 11.2. The largest absolute Gasteiger partial charge is 0.368 e. The van der Waals surface area contributed by atoms with Gasteiger partial charge in [-0.2, -0.15) is 0 Å². The number of carbonyl (C=O) groups is 1. The monoisotopic (exact) mass is 209 g/mol. The Morgan fingerprint density at radius 1 is 1.60 bits per heavy atom. The van der Waals surface area contributed by atoms with Crippen LogP contribution in [-0.4, -0.2) is 25.2 Å². The molecule has 3 heteroatoms. The van der Waals surface area contributed by atoms with Crippen LogP contribution in [0.4, 0.5) is 0 Å². The minimum absolute atomic E-state index is 0.0590. The SMILES string of the molecule is CC1CC=C(CCOC2CCNC2=O)C1. The fourth-order valence-corrected chi connectivity index (χ4v) is 2.25. The van der Waals surface area contributed by atoms with Gasteiger partial charge in [0.2, 0.25) is 5.91 Å². The Morgan fingerprint density at radius 3 is 3.07 bits per heavy atom. The standard InChI is InChI=1S/C12H19NO2/c1-9-2-3-10(8-9)5-7-15-11-4-6-13-12(11)14/h3,9,11H,2,4-8H2,1H3,(H,13,14). The van der Waals surface area contributed by atoms with Crippen molar-refractivity contribution in [1.29, 1.82) is 0 Å². The van der Waals surface area contributed by atoms with E-state index in [1.165, 1.54) is 18.4 Å². The molecule has 1 amide bonds. The van der Waals surface area contributed by atoms with Crippen molar-refractivity contribution in [2.24, 2.45) is 5.92 Å². The van der Waals surface area contributed by atoms with Gasteiger partial charge in [0.05, 0.1) is 6.61 Å². The highest BCUT2D eigenvalue weighted by Gasteiger charge is 2.24. The molecular weight excluding hydrogens is 190 g/mol. The summed E-state index contributed by atoms with van der Waals surface area (Å²) in [5, 5.41) is 2.78. The number of allylic oxidation sites excluding steroid dienone is 1. The number of nitrogens with one attached hydrogen (secondary N) is 1. The van der Waals surface area contributed by atoms with Gasteiger partial charge in [0, 0.05) is 6.54 Å². The molecule has 15 heavy (non-hydrogen) atoms. The third kappa shape index (κ3) is 2.81. The van der Waals surface area contributed by atoms with Crippen molar-refractivity contribution < 1.29 is 9.53 Å². The molecule has 1 aliphatic carbocycles. The van der Waals surface area contributed by atoms with E-state index in [4.69, 9.17) is 4.74 Å². The van der Waals surface area contributed by atoms with Crippen LogP contribution in [0.2, 0.25) is 0 Å². The van der Waals surface area contributed by atoms with Crippen LogP contribution in [-0.2, 0) is 9.53 Å². The molecule has 1 fully saturated rings. The first-order valence-electron chi connectivity index (χ1n) is 5.83. The van der Waals surface area contributed by atoms with Gasteiger partial charge in [-0.1, -0.05) is 18.6 Å². The first-order chi connectivity index (χ1) is 7.25. The lowest BCUT2D eigenvalue weighted by Gasteiger charge is -2.09. The summed E-state index contributed by atoms with van der Waals surface area (Å²) in [6.45, 7) is 3.73. The molecule has 3 nitrogen and oxygen atoms in total. The number of ether oxygens (including phenoxy) is 1. The molecule has 0 aromatic carbocycles. The van der Waals surface area contributed by atoms with Crippen LogP contribution in [0.15, 0.2) is 11.6 Å². The minimum Gasteiger partial charge on any atom is -0.368 e. The molecule has 1 aliphatic heterocycles. The molecule has 2 atom stereocenters. The summed E-state index contributed by atoms with van der Waals surface area (Å²) in [5.41, 5.74) is 1.50. The van der Waals surface area contributed by atoms with Gasteiger partial charge in [-0.05, 0) is 31.6 Å². The Hall–Kier alpha value is -0.830. The van der Waals surface area contributed by atoms with Gasteiger partial charge in [0.25, 0.3) is 0 Å². The smallest absolute Gasteiger partial charge is 0.249 e. The van der Waals surface area contributed by atoms with Crippen molar-refractivity contribution in [2.75, 3.05) is 13.2 Å². The normalized spacial score (nSPS) is 30.5. The van der Waals surface area contributed by atoms with E-state index in [9.17, 15) is 4.79 Å². The Kier molecular flexibility index (Phi) is 3.41. The first kappa shape index (κ1) is 10.7. The van der Waals surface area contributed by atoms with Crippen LogP contribution < -0.4 is 5.32 Å². The second-order valence-corrected chi connectivity index (χ2v) is 4.60. The van der Waals surface area contributed by atoms with Crippen molar-refractivity contribution in [3.8, 4) is 0 Å². The molecule has 2 rings (SSSR count). The van der Waals surface area contributed by atoms with E-state index in [2.05, 4.69) is 18.3 Å². The summed E-state index contributed by atoms with van der Waals surface area (Å²) in [6, 6.07) is 0. The summed E-state index contributed by atoms with van der Waals surface area (Å²) in [7, 11) is 0. The maximum atomic E-state index is 11.2. The van der Waals surface area contributed by atoms with E-state index in [0.717, 1.165) is 25.3 Å². The summed E-state index contributed by atoms with van der Waals surface area (Å²) in [4.78, 5) is 11.2. The van der Waals surface area contributed by atoms with Gasteiger partial charge in [-0.25, -0.2) is 0 Å². The van der Waals surface area contributed by atoms with Gasteiger partial charge in [0.15, 0.2) is 0 Å². The molecule has 1 heterocycles. The molecule has 2 unspecified atom stereocenters. The van der Waals surface area contributed by atoms with Crippen LogP contribution in [0, 0.1) is 5.92 Å². The van der Waals surface area contributed by atoms with Gasteiger partial charge in [-0.3, -0.25) is 4.79 Å². The number of amides is 1. The molecule has 0 aromatic rings. The molecule has 84 valence electrons. The van der Waals surface area contributed by atoms with E-state index in [0.29, 0.717) is 6.61 Å². The molecule has 0 spiro atoms. The Morgan fingerprint density at radius 2 is 2.47 bits per heavy atom. The Balaban J connectivity index is 1.64.